The van der Waals surface area contributed by atoms with E-state index >= 15 is 0 Å². The maximum absolute atomic E-state index is 12.8. The van der Waals surface area contributed by atoms with E-state index in [1.807, 2.05) is 40.6 Å². The average Bonchev–Trinajstić information content (AvgIpc) is 3.35. The van der Waals surface area contributed by atoms with Gasteiger partial charge in [-0.15, -0.1) is 23.7 Å². The molecule has 1 fully saturated rings. The fourth-order valence-corrected chi connectivity index (χ4v) is 4.17. The Kier molecular flexibility index (Phi) is 7.58. The standard InChI is InChI=1S/C21H25N5O2S.ClH/c1-15(2)20-22-17(14-29-20)21(27)26-10-6-9-25(11-12-26)13-18-23-19(28-24-18)16-7-4-3-5-8-16;/h3-5,7-8,14-15H,6,9-13H2,1-2H3;1H. The van der Waals surface area contributed by atoms with Crippen molar-refractivity contribution in [2.24, 2.45) is 0 Å². The summed E-state index contributed by atoms with van der Waals surface area (Å²) < 4.78 is 5.40. The lowest BCUT2D eigenvalue weighted by molar-refractivity contribution is 0.0755. The van der Waals surface area contributed by atoms with Crippen molar-refractivity contribution < 1.29 is 9.32 Å². The molecule has 1 aliphatic heterocycles. The highest BCUT2D eigenvalue weighted by Gasteiger charge is 2.23. The molecule has 1 saturated heterocycles. The zero-order valence-corrected chi connectivity index (χ0v) is 18.8. The van der Waals surface area contributed by atoms with Gasteiger partial charge in [-0.3, -0.25) is 9.69 Å². The van der Waals surface area contributed by atoms with E-state index in [9.17, 15) is 4.79 Å². The molecule has 1 aliphatic rings. The zero-order valence-electron chi connectivity index (χ0n) is 17.2. The minimum atomic E-state index is 0. The van der Waals surface area contributed by atoms with Gasteiger partial charge in [0.05, 0.1) is 11.6 Å². The molecule has 0 saturated carbocycles. The number of hydrogen-bond donors (Lipinski definition) is 0. The molecule has 2 aromatic heterocycles. The van der Waals surface area contributed by atoms with Crippen LogP contribution in [0, 0.1) is 0 Å². The predicted octanol–water partition coefficient (Wildman–Crippen LogP) is 4.09. The van der Waals surface area contributed by atoms with E-state index in [1.54, 1.807) is 11.3 Å². The number of carbonyl (C=O) groups excluding carboxylic acids is 1. The third-order valence-electron chi connectivity index (χ3n) is 4.96. The first-order chi connectivity index (χ1) is 14.1. The minimum absolute atomic E-state index is 0. The third-order valence-corrected chi connectivity index (χ3v) is 6.11. The van der Waals surface area contributed by atoms with Crippen LogP contribution in [-0.4, -0.2) is 57.0 Å². The molecule has 7 nitrogen and oxygen atoms in total. The maximum atomic E-state index is 12.8. The summed E-state index contributed by atoms with van der Waals surface area (Å²) in [6.07, 6.45) is 0.913. The Balaban J connectivity index is 0.00000256. The molecule has 1 aromatic carbocycles. The summed E-state index contributed by atoms with van der Waals surface area (Å²) in [5, 5.41) is 7.01. The molecule has 4 rings (SSSR count). The van der Waals surface area contributed by atoms with Gasteiger partial charge in [-0.25, -0.2) is 4.98 Å². The average molecular weight is 448 g/mol. The van der Waals surface area contributed by atoms with E-state index in [0.717, 1.165) is 36.6 Å². The Morgan fingerprint density at radius 3 is 2.67 bits per heavy atom. The lowest BCUT2D eigenvalue weighted by Crippen LogP contribution is -2.35. The van der Waals surface area contributed by atoms with Gasteiger partial charge in [0.25, 0.3) is 11.8 Å². The van der Waals surface area contributed by atoms with Crippen molar-refractivity contribution >= 4 is 29.7 Å². The smallest absolute Gasteiger partial charge is 0.273 e. The monoisotopic (exact) mass is 447 g/mol. The van der Waals surface area contributed by atoms with Gasteiger partial charge in [0.1, 0.15) is 5.69 Å². The number of amides is 1. The number of nitrogens with zero attached hydrogens (tertiary/aromatic N) is 5. The highest BCUT2D eigenvalue weighted by Crippen LogP contribution is 2.21. The molecule has 1 amide bonds. The van der Waals surface area contributed by atoms with Gasteiger partial charge in [-0.05, 0) is 18.6 Å². The van der Waals surface area contributed by atoms with E-state index in [4.69, 9.17) is 4.52 Å². The van der Waals surface area contributed by atoms with Crippen LogP contribution in [0.4, 0.5) is 0 Å². The lowest BCUT2D eigenvalue weighted by atomic mass is 10.2. The summed E-state index contributed by atoms with van der Waals surface area (Å²) in [4.78, 5) is 26.0. The van der Waals surface area contributed by atoms with Crippen LogP contribution in [0.25, 0.3) is 11.5 Å². The second-order valence-electron chi connectivity index (χ2n) is 7.53. The fourth-order valence-electron chi connectivity index (χ4n) is 3.36. The molecule has 0 spiro atoms. The Labute approximate surface area is 186 Å². The first kappa shape index (κ1) is 22.4. The zero-order chi connectivity index (χ0) is 20.2. The number of hydrogen-bond acceptors (Lipinski definition) is 7. The molecule has 0 N–H and O–H groups in total. The molecular weight excluding hydrogens is 422 g/mol. The van der Waals surface area contributed by atoms with Gasteiger partial charge in [0.2, 0.25) is 0 Å². The van der Waals surface area contributed by atoms with Crippen molar-refractivity contribution in [2.45, 2.75) is 32.7 Å². The molecule has 0 aliphatic carbocycles. The first-order valence-corrected chi connectivity index (χ1v) is 10.8. The topological polar surface area (TPSA) is 75.4 Å². The van der Waals surface area contributed by atoms with Crippen LogP contribution in [0.5, 0.6) is 0 Å². The third kappa shape index (κ3) is 5.24. The summed E-state index contributed by atoms with van der Waals surface area (Å²) in [5.41, 5.74) is 1.49. The molecule has 3 aromatic rings. The molecule has 0 atom stereocenters. The van der Waals surface area contributed by atoms with E-state index < -0.39 is 0 Å². The van der Waals surface area contributed by atoms with Crippen molar-refractivity contribution in [3.05, 3.63) is 52.2 Å². The lowest BCUT2D eigenvalue weighted by Gasteiger charge is -2.20. The van der Waals surface area contributed by atoms with E-state index in [-0.39, 0.29) is 18.3 Å². The summed E-state index contributed by atoms with van der Waals surface area (Å²) in [5.74, 6) is 1.58. The van der Waals surface area contributed by atoms with Crippen LogP contribution in [0.1, 0.15) is 47.5 Å². The van der Waals surface area contributed by atoms with Gasteiger partial charge in [-0.1, -0.05) is 37.2 Å². The molecule has 0 radical (unpaired) electrons. The van der Waals surface area contributed by atoms with E-state index in [1.165, 1.54) is 0 Å². The molecule has 3 heterocycles. The normalized spacial score (nSPS) is 15.1. The summed E-state index contributed by atoms with van der Waals surface area (Å²) in [6.45, 7) is 7.90. The molecule has 160 valence electrons. The second kappa shape index (κ2) is 10.1. The first-order valence-electron chi connectivity index (χ1n) is 9.95. The maximum Gasteiger partial charge on any atom is 0.273 e. The number of carbonyl (C=O) groups is 1. The van der Waals surface area contributed by atoms with Crippen LogP contribution in [-0.2, 0) is 6.54 Å². The number of thiazole rings is 1. The highest BCUT2D eigenvalue weighted by atomic mass is 35.5. The SMILES string of the molecule is CC(C)c1nc(C(=O)N2CCCN(Cc3noc(-c4ccccc4)n3)CC2)cs1.Cl. The van der Waals surface area contributed by atoms with Gasteiger partial charge in [-0.2, -0.15) is 4.98 Å². The van der Waals surface area contributed by atoms with Gasteiger partial charge < -0.3 is 9.42 Å². The van der Waals surface area contributed by atoms with Crippen molar-refractivity contribution in [1.29, 1.82) is 0 Å². The van der Waals surface area contributed by atoms with Gasteiger partial charge >= 0.3 is 0 Å². The molecular formula is C21H26ClN5O2S. The van der Waals surface area contributed by atoms with Crippen molar-refractivity contribution in [3.8, 4) is 11.5 Å². The van der Waals surface area contributed by atoms with Crippen LogP contribution >= 0.6 is 23.7 Å². The number of benzene rings is 1. The highest BCUT2D eigenvalue weighted by molar-refractivity contribution is 7.09. The van der Waals surface area contributed by atoms with Crippen LogP contribution < -0.4 is 0 Å². The molecule has 0 bridgehead atoms. The largest absolute Gasteiger partial charge is 0.336 e. The summed E-state index contributed by atoms with van der Waals surface area (Å²) in [6, 6.07) is 9.77. The molecule has 9 heteroatoms. The Morgan fingerprint density at radius 1 is 1.13 bits per heavy atom. The van der Waals surface area contributed by atoms with Crippen molar-refractivity contribution in [1.82, 2.24) is 24.9 Å². The quantitative estimate of drug-likeness (QED) is 0.586. The fraction of sp³-hybridized carbons (Fsp3) is 0.429. The minimum Gasteiger partial charge on any atom is -0.336 e. The molecule has 0 unspecified atom stereocenters. The number of aromatic nitrogens is 3. The van der Waals surface area contributed by atoms with Gasteiger partial charge in [0.15, 0.2) is 5.82 Å². The number of rotatable bonds is 5. The Hall–Kier alpha value is -2.29. The second-order valence-corrected chi connectivity index (χ2v) is 8.42. The van der Waals surface area contributed by atoms with Crippen LogP contribution in [0.2, 0.25) is 0 Å². The van der Waals surface area contributed by atoms with Crippen LogP contribution in [0.15, 0.2) is 40.2 Å². The van der Waals surface area contributed by atoms with Crippen molar-refractivity contribution in [3.63, 3.8) is 0 Å². The van der Waals surface area contributed by atoms with Gasteiger partial charge in [0, 0.05) is 43.0 Å². The summed E-state index contributed by atoms with van der Waals surface area (Å²) >= 11 is 1.56. The predicted molar refractivity (Wildman–Crippen MR) is 119 cm³/mol. The Morgan fingerprint density at radius 2 is 1.93 bits per heavy atom. The van der Waals surface area contributed by atoms with Crippen LogP contribution in [0.3, 0.4) is 0 Å². The molecule has 30 heavy (non-hydrogen) atoms. The number of halogens is 1. The summed E-state index contributed by atoms with van der Waals surface area (Å²) in [7, 11) is 0. The van der Waals surface area contributed by atoms with E-state index in [0.29, 0.717) is 36.4 Å². The van der Waals surface area contributed by atoms with E-state index in [2.05, 4.69) is 33.9 Å². The Bertz CT molecular complexity index is 959. The van der Waals surface area contributed by atoms with Crippen molar-refractivity contribution in [2.75, 3.05) is 26.2 Å².